The Morgan fingerprint density at radius 3 is 2.50 bits per heavy atom. The Balaban J connectivity index is 2.43. The van der Waals surface area contributed by atoms with E-state index in [0.29, 0.717) is 10.9 Å². The lowest BCUT2D eigenvalue weighted by atomic mass is 10.00. The summed E-state index contributed by atoms with van der Waals surface area (Å²) in [6.45, 7) is 0. The quantitative estimate of drug-likeness (QED) is 0.512. The second kappa shape index (κ2) is 5.48. The minimum atomic E-state index is -1.52. The number of nitro benzene ring substituents is 1. The van der Waals surface area contributed by atoms with E-state index in [0.717, 1.165) is 5.39 Å². The molecule has 0 aliphatic heterocycles. The van der Waals surface area contributed by atoms with Crippen molar-refractivity contribution in [3.63, 3.8) is 0 Å². The van der Waals surface area contributed by atoms with Crippen LogP contribution in [0.2, 0.25) is 0 Å². The van der Waals surface area contributed by atoms with Crippen molar-refractivity contribution in [2.75, 3.05) is 0 Å². The van der Waals surface area contributed by atoms with Gasteiger partial charge in [0.1, 0.15) is 0 Å². The summed E-state index contributed by atoms with van der Waals surface area (Å²) in [7, 11) is 0. The third-order valence-electron chi connectivity index (χ3n) is 3.03. The number of benzene rings is 2. The zero-order valence-corrected chi connectivity index (χ0v) is 10.4. The zero-order valence-electron chi connectivity index (χ0n) is 10.4. The van der Waals surface area contributed by atoms with Gasteiger partial charge in [0.15, 0.2) is 0 Å². The van der Waals surface area contributed by atoms with E-state index in [4.69, 9.17) is 5.11 Å². The number of carbonyl (C=O) groups excluding carboxylic acids is 1. The highest BCUT2D eigenvalue weighted by Crippen LogP contribution is 2.30. The molecule has 20 heavy (non-hydrogen) atoms. The van der Waals surface area contributed by atoms with Crippen LogP contribution in [0.1, 0.15) is 12.0 Å². The summed E-state index contributed by atoms with van der Waals surface area (Å²) in [6.07, 6.45) is -0.221. The molecule has 1 N–H and O–H groups in total. The maximum absolute atomic E-state index is 11.2. The van der Waals surface area contributed by atoms with Crippen molar-refractivity contribution in [3.05, 3.63) is 52.1 Å². The molecule has 0 amide bonds. The number of ketones is 1. The molecule has 6 nitrogen and oxygen atoms in total. The highest BCUT2D eigenvalue weighted by Gasteiger charge is 2.20. The van der Waals surface area contributed by atoms with Crippen molar-refractivity contribution >= 4 is 28.2 Å². The molecule has 2 rings (SSSR count). The van der Waals surface area contributed by atoms with E-state index in [1.165, 1.54) is 0 Å². The Kier molecular flexibility index (Phi) is 3.74. The molecule has 0 aromatic heterocycles. The number of carboxylic acid groups (broad SMARTS) is 1. The Morgan fingerprint density at radius 1 is 1.15 bits per heavy atom. The Bertz CT molecular complexity index is 708. The summed E-state index contributed by atoms with van der Waals surface area (Å²) in [5.74, 6) is -2.47. The first-order valence-electron chi connectivity index (χ1n) is 5.92. The van der Waals surface area contributed by atoms with Crippen molar-refractivity contribution in [2.45, 2.75) is 12.8 Å². The highest BCUT2D eigenvalue weighted by molar-refractivity contribution is 6.32. The minimum Gasteiger partial charge on any atom is -0.476 e. The molecule has 0 aliphatic carbocycles. The first kappa shape index (κ1) is 13.7. The van der Waals surface area contributed by atoms with Crippen molar-refractivity contribution in [3.8, 4) is 0 Å². The average Bonchev–Trinajstić information content (AvgIpc) is 2.43. The van der Waals surface area contributed by atoms with Crippen LogP contribution in [0.5, 0.6) is 0 Å². The van der Waals surface area contributed by atoms with Crippen LogP contribution < -0.4 is 0 Å². The van der Waals surface area contributed by atoms with E-state index < -0.39 is 16.7 Å². The summed E-state index contributed by atoms with van der Waals surface area (Å²) in [5.41, 5.74) is 0.296. The molecule has 0 unspecified atom stereocenters. The molecule has 2 aromatic rings. The molecule has 0 saturated carbocycles. The number of fused-ring (bicyclic) bond motifs is 1. The van der Waals surface area contributed by atoms with Gasteiger partial charge in [-0.3, -0.25) is 14.9 Å². The van der Waals surface area contributed by atoms with Crippen molar-refractivity contribution < 1.29 is 19.6 Å². The maximum atomic E-state index is 11.2. The Labute approximate surface area is 113 Å². The topological polar surface area (TPSA) is 97.5 Å². The summed E-state index contributed by atoms with van der Waals surface area (Å²) in [5, 5.41) is 21.0. The number of hydrogen-bond donors (Lipinski definition) is 1. The van der Waals surface area contributed by atoms with Crippen LogP contribution in [-0.2, 0) is 16.0 Å². The van der Waals surface area contributed by atoms with Crippen LogP contribution in [0, 0.1) is 10.1 Å². The zero-order chi connectivity index (χ0) is 14.7. The van der Waals surface area contributed by atoms with E-state index in [1.807, 2.05) is 0 Å². The van der Waals surface area contributed by atoms with Crippen LogP contribution in [0.15, 0.2) is 36.4 Å². The van der Waals surface area contributed by atoms with Gasteiger partial charge in [0.25, 0.3) is 5.69 Å². The number of aryl methyl sites for hydroxylation is 1. The molecule has 2 aromatic carbocycles. The minimum absolute atomic E-state index is 0.0340. The third-order valence-corrected chi connectivity index (χ3v) is 3.03. The summed E-state index contributed by atoms with van der Waals surface area (Å²) in [6, 6.07) is 10.2. The number of carbonyl (C=O) groups is 2. The van der Waals surface area contributed by atoms with Gasteiger partial charge in [-0.1, -0.05) is 30.3 Å². The fourth-order valence-electron chi connectivity index (χ4n) is 2.07. The van der Waals surface area contributed by atoms with Gasteiger partial charge in [-0.25, -0.2) is 4.79 Å². The van der Waals surface area contributed by atoms with Crippen LogP contribution in [-0.4, -0.2) is 21.8 Å². The van der Waals surface area contributed by atoms with Crippen molar-refractivity contribution in [1.82, 2.24) is 0 Å². The maximum Gasteiger partial charge on any atom is 0.372 e. The lowest BCUT2D eigenvalue weighted by molar-refractivity contribution is -0.383. The number of rotatable bonds is 5. The third kappa shape index (κ3) is 2.64. The highest BCUT2D eigenvalue weighted by atomic mass is 16.6. The molecule has 6 heteroatoms. The van der Waals surface area contributed by atoms with E-state index in [9.17, 15) is 19.7 Å². The number of aliphatic carboxylic acids is 1. The van der Waals surface area contributed by atoms with Crippen LogP contribution in [0.25, 0.3) is 10.8 Å². The number of nitrogens with zero attached hydrogens (tertiary/aromatic N) is 1. The number of Topliss-reactive ketones (excluding diaryl/α,β-unsaturated/α-hetero) is 1. The average molecular weight is 273 g/mol. The predicted octanol–water partition coefficient (Wildman–Crippen LogP) is 2.33. The molecule has 0 spiro atoms. The summed E-state index contributed by atoms with van der Waals surface area (Å²) < 4.78 is 0. The SMILES string of the molecule is O=C(O)C(=O)CCc1ccc2ccccc2c1[N+](=O)[O-]. The largest absolute Gasteiger partial charge is 0.476 e. The second-order valence-electron chi connectivity index (χ2n) is 4.28. The molecular formula is C14H11NO5. The standard InChI is InChI=1S/C14H11NO5/c16-12(14(17)18)8-7-10-6-5-9-3-1-2-4-11(9)13(10)15(19)20/h1-6H,7-8H2,(H,17,18). The molecule has 0 fully saturated rings. The number of nitro groups is 1. The smallest absolute Gasteiger partial charge is 0.372 e. The van der Waals surface area contributed by atoms with Gasteiger partial charge in [0.05, 0.1) is 10.3 Å². The number of hydrogen-bond acceptors (Lipinski definition) is 4. The van der Waals surface area contributed by atoms with E-state index in [-0.39, 0.29) is 18.5 Å². The van der Waals surface area contributed by atoms with E-state index in [1.54, 1.807) is 36.4 Å². The Morgan fingerprint density at radius 2 is 1.85 bits per heavy atom. The van der Waals surface area contributed by atoms with Gasteiger partial charge in [0, 0.05) is 12.0 Å². The fourth-order valence-corrected chi connectivity index (χ4v) is 2.07. The molecule has 102 valence electrons. The monoisotopic (exact) mass is 273 g/mol. The first-order chi connectivity index (χ1) is 9.50. The van der Waals surface area contributed by atoms with Gasteiger partial charge < -0.3 is 5.11 Å². The molecule has 0 heterocycles. The lowest BCUT2D eigenvalue weighted by Gasteiger charge is -2.05. The summed E-state index contributed by atoms with van der Waals surface area (Å²) >= 11 is 0. The Hall–Kier alpha value is -2.76. The van der Waals surface area contributed by atoms with Crippen LogP contribution in [0.4, 0.5) is 5.69 Å². The van der Waals surface area contributed by atoms with Gasteiger partial charge in [-0.2, -0.15) is 0 Å². The van der Waals surface area contributed by atoms with E-state index >= 15 is 0 Å². The molecule has 0 aliphatic rings. The first-order valence-corrected chi connectivity index (χ1v) is 5.92. The normalized spacial score (nSPS) is 10.4. The van der Waals surface area contributed by atoms with Crippen LogP contribution >= 0.6 is 0 Å². The molecule has 0 saturated heterocycles. The molecular weight excluding hydrogens is 262 g/mol. The molecule has 0 bridgehead atoms. The second-order valence-corrected chi connectivity index (χ2v) is 4.28. The predicted molar refractivity (Wildman–Crippen MR) is 71.6 cm³/mol. The summed E-state index contributed by atoms with van der Waals surface area (Å²) in [4.78, 5) is 32.3. The molecule has 0 atom stereocenters. The van der Waals surface area contributed by atoms with Gasteiger partial charge in [-0.15, -0.1) is 0 Å². The van der Waals surface area contributed by atoms with Gasteiger partial charge >= 0.3 is 5.97 Å². The molecule has 0 radical (unpaired) electrons. The van der Waals surface area contributed by atoms with Crippen LogP contribution in [0.3, 0.4) is 0 Å². The van der Waals surface area contributed by atoms with E-state index in [2.05, 4.69) is 0 Å². The van der Waals surface area contributed by atoms with Gasteiger partial charge in [-0.05, 0) is 17.9 Å². The number of carboxylic acids is 1. The lowest BCUT2D eigenvalue weighted by Crippen LogP contribution is -2.13. The van der Waals surface area contributed by atoms with Gasteiger partial charge in [0.2, 0.25) is 5.78 Å². The van der Waals surface area contributed by atoms with Crippen molar-refractivity contribution in [1.29, 1.82) is 0 Å². The van der Waals surface area contributed by atoms with Crippen molar-refractivity contribution in [2.24, 2.45) is 0 Å². The fraction of sp³-hybridized carbons (Fsp3) is 0.143.